The first-order valence-electron chi connectivity index (χ1n) is 5.69. The van der Waals surface area contributed by atoms with E-state index in [0.29, 0.717) is 11.2 Å². The van der Waals surface area contributed by atoms with Crippen molar-refractivity contribution in [2.45, 2.75) is 24.5 Å². The van der Waals surface area contributed by atoms with Crippen LogP contribution in [0.4, 0.5) is 5.82 Å². The van der Waals surface area contributed by atoms with Crippen LogP contribution in [0.1, 0.15) is 6.23 Å². The molecule has 0 amide bonds. The van der Waals surface area contributed by atoms with Crippen molar-refractivity contribution in [3.05, 3.63) is 12.7 Å². The molecule has 0 saturated carbocycles. The fraction of sp³-hybridized carbons (Fsp3) is 0.364. The second-order valence-corrected chi connectivity index (χ2v) is 4.65. The van der Waals surface area contributed by atoms with Crippen molar-refractivity contribution in [2.75, 3.05) is 5.73 Å². The van der Waals surface area contributed by atoms with E-state index in [2.05, 4.69) is 41.6 Å². The Labute approximate surface area is 121 Å². The molecular formula is C11H10BrN5O3. The van der Waals surface area contributed by atoms with Gasteiger partial charge in [0.1, 0.15) is 30.2 Å². The number of aliphatic hydroxyl groups excluding tert-OH is 2. The molecule has 3 heterocycles. The highest BCUT2D eigenvalue weighted by Gasteiger charge is 2.43. The zero-order chi connectivity index (χ0) is 14.3. The Hall–Kier alpha value is -1.73. The molecule has 4 N–H and O–H groups in total. The van der Waals surface area contributed by atoms with E-state index in [1.54, 1.807) is 0 Å². The van der Waals surface area contributed by atoms with E-state index in [1.165, 1.54) is 17.2 Å². The van der Waals surface area contributed by atoms with Crippen LogP contribution in [0.3, 0.4) is 0 Å². The summed E-state index contributed by atoms with van der Waals surface area (Å²) in [6.07, 6.45) is -1.19. The van der Waals surface area contributed by atoms with Gasteiger partial charge in [-0.15, -0.1) is 0 Å². The van der Waals surface area contributed by atoms with Gasteiger partial charge in [0.05, 0.1) is 6.33 Å². The summed E-state index contributed by atoms with van der Waals surface area (Å²) < 4.78 is 7.03. The third-order valence-electron chi connectivity index (χ3n) is 3.10. The van der Waals surface area contributed by atoms with E-state index < -0.39 is 24.5 Å². The number of fused-ring (bicyclic) bond motifs is 1. The number of imidazole rings is 1. The Balaban J connectivity index is 2.03. The number of rotatable bonds is 1. The zero-order valence-corrected chi connectivity index (χ0v) is 11.6. The van der Waals surface area contributed by atoms with Crippen molar-refractivity contribution in [3.63, 3.8) is 0 Å². The number of halogens is 1. The van der Waals surface area contributed by atoms with Gasteiger partial charge in [-0.25, -0.2) is 15.0 Å². The molecule has 20 heavy (non-hydrogen) atoms. The first-order valence-corrected chi connectivity index (χ1v) is 6.48. The molecule has 0 radical (unpaired) electrons. The third kappa shape index (κ3) is 1.94. The molecule has 1 saturated heterocycles. The molecule has 1 unspecified atom stereocenters. The lowest BCUT2D eigenvalue weighted by Gasteiger charge is -2.16. The van der Waals surface area contributed by atoms with Crippen LogP contribution < -0.4 is 5.73 Å². The minimum absolute atomic E-state index is 0.235. The maximum absolute atomic E-state index is 10.1. The Kier molecular flexibility index (Phi) is 3.31. The van der Waals surface area contributed by atoms with Gasteiger partial charge in [-0.2, -0.15) is 0 Å². The van der Waals surface area contributed by atoms with Crippen LogP contribution in [-0.2, 0) is 4.74 Å². The number of nitrogens with zero attached hydrogens (tertiary/aromatic N) is 4. The van der Waals surface area contributed by atoms with Gasteiger partial charge in [0.25, 0.3) is 0 Å². The summed E-state index contributed by atoms with van der Waals surface area (Å²) in [6.45, 7) is 0. The highest BCUT2D eigenvalue weighted by atomic mass is 79.9. The summed E-state index contributed by atoms with van der Waals surface area (Å²) >= 11 is 2.93. The lowest BCUT2D eigenvalue weighted by molar-refractivity contribution is -0.0230. The van der Waals surface area contributed by atoms with E-state index in [9.17, 15) is 10.2 Å². The molecule has 8 nitrogen and oxygen atoms in total. The van der Waals surface area contributed by atoms with Crippen LogP contribution in [0.5, 0.6) is 0 Å². The quantitative estimate of drug-likeness (QED) is 0.592. The molecule has 1 fully saturated rings. The first-order chi connectivity index (χ1) is 9.63. The van der Waals surface area contributed by atoms with Gasteiger partial charge in [-0.1, -0.05) is 5.92 Å². The normalized spacial score (nSPS) is 29.4. The van der Waals surface area contributed by atoms with Crippen LogP contribution in [0, 0.1) is 10.8 Å². The number of nitrogens with two attached hydrogens (primary N) is 1. The molecule has 0 aliphatic carbocycles. The highest BCUT2D eigenvalue weighted by molar-refractivity contribution is 9.12. The molecular weight excluding hydrogens is 330 g/mol. The van der Waals surface area contributed by atoms with Crippen LogP contribution in [0.2, 0.25) is 0 Å². The van der Waals surface area contributed by atoms with Gasteiger partial charge in [0, 0.05) is 15.9 Å². The van der Waals surface area contributed by atoms with Crippen LogP contribution >= 0.6 is 15.9 Å². The number of aliphatic hydroxyl groups is 2. The fourth-order valence-electron chi connectivity index (χ4n) is 2.12. The minimum Gasteiger partial charge on any atom is -0.386 e. The molecule has 0 aromatic carbocycles. The van der Waals surface area contributed by atoms with Crippen molar-refractivity contribution >= 4 is 32.9 Å². The Bertz CT molecular complexity index is 709. The van der Waals surface area contributed by atoms with E-state index in [-0.39, 0.29) is 5.82 Å². The van der Waals surface area contributed by atoms with Crippen molar-refractivity contribution in [1.29, 1.82) is 0 Å². The summed E-state index contributed by atoms with van der Waals surface area (Å²) in [5.41, 5.74) is 6.52. The number of nitrogen functional groups attached to an aromatic ring is 1. The number of ether oxygens (including phenoxy) is 1. The summed E-state index contributed by atoms with van der Waals surface area (Å²) in [6, 6.07) is 0. The van der Waals surface area contributed by atoms with Gasteiger partial charge in [-0.3, -0.25) is 4.57 Å². The Morgan fingerprint density at radius 2 is 2.10 bits per heavy atom. The van der Waals surface area contributed by atoms with E-state index in [0.717, 1.165) is 0 Å². The van der Waals surface area contributed by atoms with Crippen LogP contribution in [0.15, 0.2) is 12.7 Å². The molecule has 1 aliphatic rings. The topological polar surface area (TPSA) is 119 Å². The maximum Gasteiger partial charge on any atom is 0.167 e. The second kappa shape index (κ2) is 4.99. The minimum atomic E-state index is -1.15. The van der Waals surface area contributed by atoms with E-state index in [1.807, 2.05) is 0 Å². The molecule has 0 spiro atoms. The molecule has 2 aromatic heterocycles. The largest absolute Gasteiger partial charge is 0.386 e. The van der Waals surface area contributed by atoms with Crippen molar-refractivity contribution in [1.82, 2.24) is 19.5 Å². The predicted octanol–water partition coefficient (Wildman–Crippen LogP) is -0.617. The summed E-state index contributed by atoms with van der Waals surface area (Å²) in [5, 5.41) is 20.0. The van der Waals surface area contributed by atoms with Crippen molar-refractivity contribution in [2.24, 2.45) is 0 Å². The van der Waals surface area contributed by atoms with E-state index in [4.69, 9.17) is 10.5 Å². The van der Waals surface area contributed by atoms with E-state index >= 15 is 0 Å². The number of hydrogen-bond donors (Lipinski definition) is 3. The molecule has 3 rings (SSSR count). The SMILES string of the molecule is Nc1ncnc2c1ncn2C1O[C@H](C#CBr)[C@@H](O)[C@H]1O. The number of aromatic nitrogens is 4. The summed E-state index contributed by atoms with van der Waals surface area (Å²) in [5.74, 6) is 2.85. The third-order valence-corrected chi connectivity index (χ3v) is 3.33. The van der Waals surface area contributed by atoms with Gasteiger partial charge in [0.2, 0.25) is 0 Å². The van der Waals surface area contributed by atoms with Gasteiger partial charge in [0.15, 0.2) is 17.7 Å². The number of hydrogen-bond acceptors (Lipinski definition) is 7. The molecule has 9 heteroatoms. The monoisotopic (exact) mass is 339 g/mol. The number of anilines is 1. The molecule has 104 valence electrons. The highest BCUT2D eigenvalue weighted by Crippen LogP contribution is 2.31. The smallest absolute Gasteiger partial charge is 0.167 e. The summed E-state index contributed by atoms with van der Waals surface area (Å²) in [7, 11) is 0. The second-order valence-electron chi connectivity index (χ2n) is 4.25. The average molecular weight is 340 g/mol. The molecule has 2 aromatic rings. The Morgan fingerprint density at radius 3 is 2.85 bits per heavy atom. The Morgan fingerprint density at radius 1 is 1.30 bits per heavy atom. The lowest BCUT2D eigenvalue weighted by Crippen LogP contribution is -2.30. The zero-order valence-electron chi connectivity index (χ0n) is 10.0. The average Bonchev–Trinajstić information content (AvgIpc) is 2.97. The van der Waals surface area contributed by atoms with Gasteiger partial charge in [-0.05, 0) is 4.83 Å². The summed E-state index contributed by atoms with van der Waals surface area (Å²) in [4.78, 5) is 14.5. The molecule has 4 atom stereocenters. The maximum atomic E-state index is 10.1. The standard InChI is InChI=1S/C11H10BrN5O3/c12-2-1-5-7(18)8(19)11(20-5)17-4-16-6-9(13)14-3-15-10(6)17/h3-5,7-8,11,18-19H,(H2,13,14,15)/t5-,7-,8-,11?/m1/s1. The van der Waals surface area contributed by atoms with Gasteiger partial charge >= 0.3 is 0 Å². The van der Waals surface area contributed by atoms with Gasteiger partial charge < -0.3 is 20.7 Å². The van der Waals surface area contributed by atoms with Crippen molar-refractivity contribution in [3.8, 4) is 10.8 Å². The fourth-order valence-corrected chi connectivity index (χ4v) is 2.34. The van der Waals surface area contributed by atoms with Crippen LogP contribution in [0.25, 0.3) is 11.2 Å². The lowest BCUT2D eigenvalue weighted by atomic mass is 10.1. The predicted molar refractivity (Wildman–Crippen MR) is 72.4 cm³/mol. The first kappa shape index (κ1) is 13.3. The van der Waals surface area contributed by atoms with Crippen LogP contribution in [-0.4, -0.2) is 48.0 Å². The van der Waals surface area contributed by atoms with Crippen molar-refractivity contribution < 1.29 is 14.9 Å². The molecule has 1 aliphatic heterocycles. The molecule has 0 bridgehead atoms.